The molecule has 1 N–H and O–H groups in total. The Bertz CT molecular complexity index is 354. The lowest BCUT2D eigenvalue weighted by Gasteiger charge is -2.09. The van der Waals surface area contributed by atoms with E-state index in [9.17, 15) is 13.2 Å². The summed E-state index contributed by atoms with van der Waals surface area (Å²) < 4.78 is 22.5. The van der Waals surface area contributed by atoms with Gasteiger partial charge in [0.15, 0.2) is 9.84 Å². The maximum absolute atomic E-state index is 11.6. The lowest BCUT2D eigenvalue weighted by Crippen LogP contribution is -2.33. The Morgan fingerprint density at radius 3 is 2.61 bits per heavy atom. The number of thioether (sulfide) groups is 1. The number of rotatable bonds is 7. The van der Waals surface area contributed by atoms with Crippen molar-refractivity contribution in [1.82, 2.24) is 5.32 Å². The van der Waals surface area contributed by atoms with E-state index in [2.05, 4.69) is 12.2 Å². The summed E-state index contributed by atoms with van der Waals surface area (Å²) in [6, 6.07) is -0.171. The van der Waals surface area contributed by atoms with Gasteiger partial charge in [-0.3, -0.25) is 4.79 Å². The van der Waals surface area contributed by atoms with Crippen molar-refractivity contribution in [3.63, 3.8) is 0 Å². The molecular weight excluding hydrogens is 270 g/mol. The van der Waals surface area contributed by atoms with Gasteiger partial charge in [0.1, 0.15) is 0 Å². The molecule has 6 heteroatoms. The molecule has 1 heterocycles. The van der Waals surface area contributed by atoms with Gasteiger partial charge in [-0.1, -0.05) is 44.4 Å². The third-order valence-corrected chi connectivity index (χ3v) is 5.68. The zero-order valence-electron chi connectivity index (χ0n) is 11.0. The summed E-state index contributed by atoms with van der Waals surface area (Å²) in [5.74, 6) is 1.14. The monoisotopic (exact) mass is 293 g/mol. The number of hydrogen-bond acceptors (Lipinski definition) is 4. The highest BCUT2D eigenvalue weighted by molar-refractivity contribution is 8.13. The predicted octanol–water partition coefficient (Wildman–Crippen LogP) is 2.59. The predicted molar refractivity (Wildman–Crippen MR) is 76.8 cm³/mol. The van der Waals surface area contributed by atoms with Crippen LogP contribution in [-0.2, 0) is 9.84 Å². The zero-order valence-corrected chi connectivity index (χ0v) is 12.6. The fourth-order valence-electron chi connectivity index (χ4n) is 1.99. The minimum atomic E-state index is -2.90. The number of nitrogens with one attached hydrogen (secondary N) is 1. The van der Waals surface area contributed by atoms with E-state index in [1.807, 2.05) is 0 Å². The van der Waals surface area contributed by atoms with Crippen LogP contribution in [0, 0.1) is 0 Å². The summed E-state index contributed by atoms with van der Waals surface area (Å²) in [5, 5.41) is 2.71. The van der Waals surface area contributed by atoms with Crippen molar-refractivity contribution in [2.45, 2.75) is 51.5 Å². The minimum Gasteiger partial charge on any atom is -0.343 e. The number of hydrogen-bond donors (Lipinski definition) is 1. The number of carbonyl (C=O) groups excluding carboxylic acids is 1. The fourth-order valence-corrected chi connectivity index (χ4v) is 4.44. The molecule has 0 bridgehead atoms. The van der Waals surface area contributed by atoms with Crippen LogP contribution in [0.1, 0.15) is 45.4 Å². The Morgan fingerprint density at radius 1 is 1.28 bits per heavy atom. The Kier molecular flexibility index (Phi) is 7.07. The van der Waals surface area contributed by atoms with Crippen molar-refractivity contribution in [3.05, 3.63) is 0 Å². The molecule has 0 aromatic carbocycles. The van der Waals surface area contributed by atoms with Crippen molar-refractivity contribution in [2.24, 2.45) is 0 Å². The molecule has 0 aromatic heterocycles. The van der Waals surface area contributed by atoms with Crippen LogP contribution >= 0.6 is 11.8 Å². The average Bonchev–Trinajstić information content (AvgIpc) is 2.63. The van der Waals surface area contributed by atoms with Gasteiger partial charge in [-0.25, -0.2) is 8.42 Å². The first-order valence-corrected chi connectivity index (χ1v) is 9.48. The summed E-state index contributed by atoms with van der Waals surface area (Å²) in [4.78, 5) is 11.6. The lowest BCUT2D eigenvalue weighted by atomic mass is 10.2. The quantitative estimate of drug-likeness (QED) is 0.733. The molecule has 1 amide bonds. The van der Waals surface area contributed by atoms with Gasteiger partial charge in [-0.15, -0.1) is 0 Å². The number of carbonyl (C=O) groups is 1. The largest absolute Gasteiger partial charge is 0.343 e. The highest BCUT2D eigenvalue weighted by Gasteiger charge is 2.28. The molecule has 4 nitrogen and oxygen atoms in total. The Morgan fingerprint density at radius 2 is 2.00 bits per heavy atom. The molecule has 0 aliphatic carbocycles. The van der Waals surface area contributed by atoms with E-state index in [-0.39, 0.29) is 22.8 Å². The molecule has 106 valence electrons. The second-order valence-corrected chi connectivity index (χ2v) is 8.09. The second kappa shape index (κ2) is 8.04. The Labute approximate surface area is 114 Å². The summed E-state index contributed by atoms with van der Waals surface area (Å²) in [7, 11) is -2.90. The van der Waals surface area contributed by atoms with E-state index >= 15 is 0 Å². The normalized spacial score (nSPS) is 21.9. The molecule has 1 unspecified atom stereocenters. The SMILES string of the molecule is CCCCCCCSC(=O)NC1CCS(=O)(=O)C1. The van der Waals surface area contributed by atoms with E-state index in [1.165, 1.54) is 37.4 Å². The standard InChI is InChI=1S/C12H23NO3S2/c1-2-3-4-5-6-8-17-12(14)13-11-7-9-18(15,16)10-11/h11H,2-10H2,1H3,(H,13,14). The van der Waals surface area contributed by atoms with E-state index in [0.717, 1.165) is 12.2 Å². The third kappa shape index (κ3) is 6.64. The Balaban J connectivity index is 2.04. The van der Waals surface area contributed by atoms with Crippen molar-refractivity contribution >= 4 is 26.8 Å². The summed E-state index contributed by atoms with van der Waals surface area (Å²) in [6.07, 6.45) is 6.51. The van der Waals surface area contributed by atoms with Crippen LogP contribution in [0.3, 0.4) is 0 Å². The molecule has 1 rings (SSSR count). The highest BCUT2D eigenvalue weighted by Crippen LogP contribution is 2.14. The van der Waals surface area contributed by atoms with Crippen LogP contribution in [0.25, 0.3) is 0 Å². The molecule has 1 aliphatic heterocycles. The van der Waals surface area contributed by atoms with Crippen LogP contribution in [-0.4, -0.2) is 37.0 Å². The van der Waals surface area contributed by atoms with E-state index < -0.39 is 9.84 Å². The molecule has 1 aliphatic rings. The van der Waals surface area contributed by atoms with Crippen molar-refractivity contribution in [3.8, 4) is 0 Å². The van der Waals surface area contributed by atoms with Crippen LogP contribution < -0.4 is 5.32 Å². The molecule has 0 aromatic rings. The smallest absolute Gasteiger partial charge is 0.279 e. The molecule has 0 spiro atoms. The van der Waals surface area contributed by atoms with E-state index in [0.29, 0.717) is 6.42 Å². The molecular formula is C12H23NO3S2. The highest BCUT2D eigenvalue weighted by atomic mass is 32.2. The number of sulfone groups is 1. The van der Waals surface area contributed by atoms with Gasteiger partial charge in [-0.2, -0.15) is 0 Å². The van der Waals surface area contributed by atoms with Crippen molar-refractivity contribution in [2.75, 3.05) is 17.3 Å². The van der Waals surface area contributed by atoms with Gasteiger partial charge in [0.05, 0.1) is 11.5 Å². The van der Waals surface area contributed by atoms with Gasteiger partial charge in [-0.05, 0) is 12.8 Å². The molecule has 1 fully saturated rings. The summed E-state index contributed by atoms with van der Waals surface area (Å²) in [6.45, 7) is 2.18. The molecule has 0 radical (unpaired) electrons. The molecule has 1 atom stereocenters. The van der Waals surface area contributed by atoms with Gasteiger partial charge >= 0.3 is 0 Å². The first-order chi connectivity index (χ1) is 8.53. The van der Waals surface area contributed by atoms with Gasteiger partial charge in [0, 0.05) is 11.8 Å². The van der Waals surface area contributed by atoms with Crippen molar-refractivity contribution < 1.29 is 13.2 Å². The minimum absolute atomic E-state index is 0.0763. The third-order valence-electron chi connectivity index (χ3n) is 3.04. The van der Waals surface area contributed by atoms with Crippen LogP contribution in [0.2, 0.25) is 0 Å². The van der Waals surface area contributed by atoms with E-state index in [1.54, 1.807) is 0 Å². The summed E-state index contributed by atoms with van der Waals surface area (Å²) >= 11 is 1.28. The van der Waals surface area contributed by atoms with Gasteiger partial charge in [0.2, 0.25) is 0 Å². The van der Waals surface area contributed by atoms with Gasteiger partial charge < -0.3 is 5.32 Å². The number of unbranched alkanes of at least 4 members (excludes halogenated alkanes) is 4. The van der Waals surface area contributed by atoms with Crippen molar-refractivity contribution in [1.29, 1.82) is 0 Å². The Hall–Kier alpha value is -0.230. The first-order valence-electron chi connectivity index (χ1n) is 6.67. The lowest BCUT2D eigenvalue weighted by molar-refractivity contribution is 0.258. The molecule has 1 saturated heterocycles. The van der Waals surface area contributed by atoms with E-state index in [4.69, 9.17) is 0 Å². The van der Waals surface area contributed by atoms with Crippen LogP contribution in [0.15, 0.2) is 0 Å². The zero-order chi connectivity index (χ0) is 13.4. The first kappa shape index (κ1) is 15.8. The average molecular weight is 293 g/mol. The maximum Gasteiger partial charge on any atom is 0.279 e. The fraction of sp³-hybridized carbons (Fsp3) is 0.917. The molecule has 18 heavy (non-hydrogen) atoms. The second-order valence-electron chi connectivity index (χ2n) is 4.79. The number of amides is 1. The van der Waals surface area contributed by atoms with Crippen LogP contribution in [0.5, 0.6) is 0 Å². The topological polar surface area (TPSA) is 63.2 Å². The van der Waals surface area contributed by atoms with Crippen LogP contribution in [0.4, 0.5) is 4.79 Å². The summed E-state index contributed by atoms with van der Waals surface area (Å²) in [5.41, 5.74) is 0. The maximum atomic E-state index is 11.6. The van der Waals surface area contributed by atoms with Gasteiger partial charge in [0.25, 0.3) is 5.24 Å². The molecule has 0 saturated carbocycles.